The average Bonchev–Trinajstić information content (AvgIpc) is 2.26. The highest BCUT2D eigenvalue weighted by Gasteiger charge is 2.30. The monoisotopic (exact) mass is 221 g/mol. The van der Waals surface area contributed by atoms with Crippen LogP contribution in [0.5, 0.6) is 0 Å². The molecule has 0 amide bonds. The van der Waals surface area contributed by atoms with Gasteiger partial charge in [-0.15, -0.1) is 0 Å². The molecule has 16 heavy (non-hydrogen) atoms. The third-order valence-electron chi connectivity index (χ3n) is 3.21. The number of nitrogens with two attached hydrogens (primary N) is 1. The van der Waals surface area contributed by atoms with Crippen molar-refractivity contribution < 1.29 is 5.11 Å². The van der Waals surface area contributed by atoms with Gasteiger partial charge in [-0.3, -0.25) is 0 Å². The van der Waals surface area contributed by atoms with Crippen LogP contribution in [0, 0.1) is 5.92 Å². The first-order valence-electron chi connectivity index (χ1n) is 6.06. The van der Waals surface area contributed by atoms with Gasteiger partial charge >= 0.3 is 0 Å². The molecule has 0 bridgehead atoms. The Bertz CT molecular complexity index is 295. The number of hydrogen-bond donors (Lipinski definition) is 2. The summed E-state index contributed by atoms with van der Waals surface area (Å²) >= 11 is 0. The van der Waals surface area contributed by atoms with Gasteiger partial charge in [-0.1, -0.05) is 43.7 Å². The van der Waals surface area contributed by atoms with Gasteiger partial charge in [-0.05, 0) is 31.4 Å². The Morgan fingerprint density at radius 3 is 2.44 bits per heavy atom. The molecule has 2 nitrogen and oxygen atoms in total. The lowest BCUT2D eigenvalue weighted by Gasteiger charge is -2.32. The molecule has 0 aliphatic carbocycles. The maximum Gasteiger partial charge on any atom is 0.0699 e. The van der Waals surface area contributed by atoms with Gasteiger partial charge in [0.15, 0.2) is 0 Å². The molecule has 0 saturated carbocycles. The molecule has 90 valence electrons. The van der Waals surface area contributed by atoms with E-state index >= 15 is 0 Å². The molecule has 0 saturated heterocycles. The summed E-state index contributed by atoms with van der Waals surface area (Å²) in [6.07, 6.45) is 2.72. The van der Waals surface area contributed by atoms with Crippen LogP contribution >= 0.6 is 0 Å². The minimum absolute atomic E-state index is 0.178. The van der Waals surface area contributed by atoms with Crippen molar-refractivity contribution in [2.24, 2.45) is 11.7 Å². The maximum absolute atomic E-state index is 10.5. The van der Waals surface area contributed by atoms with E-state index < -0.39 is 5.60 Å². The van der Waals surface area contributed by atoms with Crippen molar-refractivity contribution in [3.05, 3.63) is 35.9 Å². The van der Waals surface area contributed by atoms with Crippen molar-refractivity contribution in [3.63, 3.8) is 0 Å². The van der Waals surface area contributed by atoms with Crippen LogP contribution in [0.3, 0.4) is 0 Å². The van der Waals surface area contributed by atoms with Gasteiger partial charge in [0.25, 0.3) is 0 Å². The van der Waals surface area contributed by atoms with Crippen LogP contribution in [-0.4, -0.2) is 17.3 Å². The van der Waals surface area contributed by atoms with E-state index in [1.165, 1.54) is 5.56 Å². The molecule has 0 aromatic heterocycles. The Labute approximate surface area is 98.5 Å². The molecule has 0 aliphatic rings. The lowest BCUT2D eigenvalue weighted by molar-refractivity contribution is -0.000981. The van der Waals surface area contributed by atoms with E-state index in [1.807, 2.05) is 37.3 Å². The van der Waals surface area contributed by atoms with E-state index in [-0.39, 0.29) is 5.92 Å². The zero-order valence-corrected chi connectivity index (χ0v) is 10.3. The van der Waals surface area contributed by atoms with Crippen molar-refractivity contribution in [3.8, 4) is 0 Å². The molecule has 2 atom stereocenters. The summed E-state index contributed by atoms with van der Waals surface area (Å²) in [4.78, 5) is 0. The molecule has 1 aromatic carbocycles. The van der Waals surface area contributed by atoms with Gasteiger partial charge in [0.1, 0.15) is 0 Å². The lowest BCUT2D eigenvalue weighted by atomic mass is 9.81. The van der Waals surface area contributed by atoms with Crippen LogP contribution in [0.1, 0.15) is 32.3 Å². The molecule has 0 aliphatic heterocycles. The smallest absolute Gasteiger partial charge is 0.0699 e. The summed E-state index contributed by atoms with van der Waals surface area (Å²) in [5.41, 5.74) is 6.20. The first-order valence-corrected chi connectivity index (χ1v) is 6.06. The second-order valence-electron chi connectivity index (χ2n) is 4.74. The average molecular weight is 221 g/mol. The molecule has 0 radical (unpaired) electrons. The molecule has 0 fully saturated rings. The first-order chi connectivity index (χ1) is 7.60. The van der Waals surface area contributed by atoms with Crippen molar-refractivity contribution in [1.82, 2.24) is 0 Å². The van der Waals surface area contributed by atoms with Gasteiger partial charge < -0.3 is 10.8 Å². The molecule has 0 heterocycles. The SMILES string of the molecule is CCCC(CN)C(C)(O)Cc1ccccc1. The number of benzene rings is 1. The molecule has 2 heteroatoms. The van der Waals surface area contributed by atoms with Crippen LogP contribution in [0.25, 0.3) is 0 Å². The Balaban J connectivity index is 2.69. The molecular formula is C14H23NO. The van der Waals surface area contributed by atoms with Gasteiger partial charge in [-0.25, -0.2) is 0 Å². The zero-order valence-electron chi connectivity index (χ0n) is 10.3. The van der Waals surface area contributed by atoms with Crippen molar-refractivity contribution in [2.45, 2.75) is 38.7 Å². The molecular weight excluding hydrogens is 198 g/mol. The molecule has 3 N–H and O–H groups in total. The van der Waals surface area contributed by atoms with E-state index in [2.05, 4.69) is 6.92 Å². The highest BCUT2D eigenvalue weighted by Crippen LogP contribution is 2.25. The van der Waals surface area contributed by atoms with Crippen molar-refractivity contribution in [2.75, 3.05) is 6.54 Å². The van der Waals surface area contributed by atoms with Gasteiger partial charge in [-0.2, -0.15) is 0 Å². The molecule has 1 aromatic rings. The Morgan fingerprint density at radius 2 is 1.94 bits per heavy atom. The second kappa shape index (κ2) is 6.02. The van der Waals surface area contributed by atoms with E-state index in [0.717, 1.165) is 12.8 Å². The summed E-state index contributed by atoms with van der Waals surface area (Å²) in [5.74, 6) is 0.178. The number of hydrogen-bond acceptors (Lipinski definition) is 2. The minimum atomic E-state index is -0.702. The lowest BCUT2D eigenvalue weighted by Crippen LogP contribution is -2.41. The fourth-order valence-corrected chi connectivity index (χ4v) is 2.18. The van der Waals surface area contributed by atoms with E-state index in [1.54, 1.807) is 0 Å². The normalized spacial score (nSPS) is 16.8. The fourth-order valence-electron chi connectivity index (χ4n) is 2.18. The van der Waals surface area contributed by atoms with Crippen LogP contribution in [0.15, 0.2) is 30.3 Å². The van der Waals surface area contributed by atoms with Crippen LogP contribution < -0.4 is 5.73 Å². The molecule has 0 spiro atoms. The topological polar surface area (TPSA) is 46.2 Å². The predicted molar refractivity (Wildman–Crippen MR) is 68.2 cm³/mol. The highest BCUT2D eigenvalue weighted by molar-refractivity contribution is 5.17. The zero-order chi connectivity index (χ0) is 12.0. The quantitative estimate of drug-likeness (QED) is 0.774. The van der Waals surface area contributed by atoms with Crippen molar-refractivity contribution in [1.29, 1.82) is 0 Å². The third-order valence-corrected chi connectivity index (χ3v) is 3.21. The minimum Gasteiger partial charge on any atom is -0.389 e. The number of aliphatic hydroxyl groups is 1. The highest BCUT2D eigenvalue weighted by atomic mass is 16.3. The Kier molecular flexibility index (Phi) is 4.97. The summed E-state index contributed by atoms with van der Waals surface area (Å²) in [5, 5.41) is 10.5. The molecule has 1 rings (SSSR count). The Morgan fingerprint density at radius 1 is 1.31 bits per heavy atom. The summed E-state index contributed by atoms with van der Waals surface area (Å²) in [7, 11) is 0. The van der Waals surface area contributed by atoms with Gasteiger partial charge in [0.05, 0.1) is 5.60 Å². The van der Waals surface area contributed by atoms with Gasteiger partial charge in [0.2, 0.25) is 0 Å². The Hall–Kier alpha value is -0.860. The fraction of sp³-hybridized carbons (Fsp3) is 0.571. The maximum atomic E-state index is 10.5. The van der Waals surface area contributed by atoms with Crippen molar-refractivity contribution >= 4 is 0 Å². The molecule has 2 unspecified atom stereocenters. The summed E-state index contributed by atoms with van der Waals surface area (Å²) in [6, 6.07) is 10.1. The largest absolute Gasteiger partial charge is 0.389 e. The van der Waals surface area contributed by atoms with E-state index in [0.29, 0.717) is 13.0 Å². The predicted octanol–water partition coefficient (Wildman–Crippen LogP) is 2.36. The van der Waals surface area contributed by atoms with Crippen LogP contribution in [-0.2, 0) is 6.42 Å². The van der Waals surface area contributed by atoms with Crippen LogP contribution in [0.2, 0.25) is 0 Å². The third kappa shape index (κ3) is 3.62. The van der Waals surface area contributed by atoms with E-state index in [9.17, 15) is 5.11 Å². The summed E-state index contributed by atoms with van der Waals surface area (Å²) in [6.45, 7) is 4.57. The first kappa shape index (κ1) is 13.2. The van der Waals surface area contributed by atoms with Crippen LogP contribution in [0.4, 0.5) is 0 Å². The summed E-state index contributed by atoms with van der Waals surface area (Å²) < 4.78 is 0. The number of rotatable bonds is 6. The standard InChI is InChI=1S/C14H23NO/c1-3-7-13(11-15)14(2,16)10-12-8-5-4-6-9-12/h4-6,8-9,13,16H,3,7,10-11,15H2,1-2H3. The van der Waals surface area contributed by atoms with E-state index in [4.69, 9.17) is 5.73 Å². The second-order valence-corrected chi connectivity index (χ2v) is 4.74. The van der Waals surface area contributed by atoms with Gasteiger partial charge in [0, 0.05) is 6.42 Å².